The van der Waals surface area contributed by atoms with E-state index in [0.717, 1.165) is 48.5 Å². The maximum absolute atomic E-state index is 11.7. The van der Waals surface area contributed by atoms with Gasteiger partial charge in [-0.1, -0.05) is 42.9 Å². The van der Waals surface area contributed by atoms with E-state index in [0.29, 0.717) is 34.9 Å². The molecule has 0 saturated heterocycles. The zero-order chi connectivity index (χ0) is 19.9. The smallest absolute Gasteiger partial charge is 0.226 e. The summed E-state index contributed by atoms with van der Waals surface area (Å²) in [7, 11) is 0. The Morgan fingerprint density at radius 3 is 1.75 bits per heavy atom. The zero-order valence-corrected chi connectivity index (χ0v) is 17.9. The van der Waals surface area contributed by atoms with Crippen LogP contribution in [0, 0.1) is 0 Å². The lowest BCUT2D eigenvalue weighted by atomic mass is 9.82. The van der Waals surface area contributed by atoms with Gasteiger partial charge in [-0.2, -0.15) is 0 Å². The van der Waals surface area contributed by atoms with Crippen molar-refractivity contribution in [1.82, 2.24) is 20.4 Å². The van der Waals surface area contributed by atoms with E-state index in [9.17, 15) is 9.59 Å². The summed E-state index contributed by atoms with van der Waals surface area (Å²) >= 11 is 2.93. The Morgan fingerprint density at radius 1 is 0.857 bits per heavy atom. The Kier molecular flexibility index (Phi) is 7.43. The second kappa shape index (κ2) is 10.0. The van der Waals surface area contributed by atoms with Crippen molar-refractivity contribution in [1.29, 1.82) is 0 Å². The first-order valence-corrected chi connectivity index (χ1v) is 11.5. The van der Waals surface area contributed by atoms with E-state index in [-0.39, 0.29) is 11.8 Å². The molecule has 10 heteroatoms. The molecule has 1 aliphatic rings. The average molecular weight is 423 g/mol. The lowest BCUT2D eigenvalue weighted by Gasteiger charge is -2.25. The third-order valence-corrected chi connectivity index (χ3v) is 6.70. The van der Waals surface area contributed by atoms with E-state index >= 15 is 0 Å². The molecule has 2 aromatic rings. The summed E-state index contributed by atoms with van der Waals surface area (Å²) in [6.07, 6.45) is 6.76. The predicted octanol–water partition coefficient (Wildman–Crippen LogP) is 4.31. The number of nitrogens with zero attached hydrogens (tertiary/aromatic N) is 4. The molecule has 2 N–H and O–H groups in total. The van der Waals surface area contributed by atoms with Crippen molar-refractivity contribution in [2.75, 3.05) is 10.6 Å². The largest absolute Gasteiger partial charge is 0.301 e. The van der Waals surface area contributed by atoms with Gasteiger partial charge in [-0.05, 0) is 32.1 Å². The Labute approximate surface area is 172 Å². The van der Waals surface area contributed by atoms with Gasteiger partial charge in [0, 0.05) is 24.7 Å². The van der Waals surface area contributed by atoms with Crippen LogP contribution >= 0.6 is 22.7 Å². The van der Waals surface area contributed by atoms with E-state index in [4.69, 9.17) is 0 Å². The van der Waals surface area contributed by atoms with E-state index in [2.05, 4.69) is 31.0 Å². The number of aromatic nitrogens is 4. The van der Waals surface area contributed by atoms with Gasteiger partial charge in [-0.25, -0.2) is 0 Å². The molecule has 1 aliphatic carbocycles. The average Bonchev–Trinajstić information content (AvgIpc) is 3.32. The Bertz CT molecular complexity index is 741. The summed E-state index contributed by atoms with van der Waals surface area (Å²) in [6, 6.07) is 0. The molecule has 0 unspecified atom stereocenters. The van der Waals surface area contributed by atoms with Crippen molar-refractivity contribution >= 4 is 44.8 Å². The van der Waals surface area contributed by atoms with Crippen molar-refractivity contribution in [2.24, 2.45) is 0 Å². The van der Waals surface area contributed by atoms with Crippen LogP contribution in [0.3, 0.4) is 0 Å². The van der Waals surface area contributed by atoms with Crippen LogP contribution in [0.4, 0.5) is 10.3 Å². The van der Waals surface area contributed by atoms with Crippen molar-refractivity contribution in [3.8, 4) is 0 Å². The standard InChI is InChI=1S/C18H26N6O2S2/c1-3-6-13(25)19-17-23-21-15(27-17)11-8-5-9-12(10-11)16-22-24-18(28-16)20-14(26)7-4-2/h11-12H,3-10H2,1-2H3,(H,19,23,25)(H,20,24,26)/t11-,12-/m0/s1. The minimum Gasteiger partial charge on any atom is -0.301 e. The van der Waals surface area contributed by atoms with Gasteiger partial charge in [-0.15, -0.1) is 20.4 Å². The van der Waals surface area contributed by atoms with Gasteiger partial charge in [0.2, 0.25) is 22.1 Å². The van der Waals surface area contributed by atoms with E-state index in [1.165, 1.54) is 22.7 Å². The number of anilines is 2. The van der Waals surface area contributed by atoms with Gasteiger partial charge < -0.3 is 10.6 Å². The molecule has 2 heterocycles. The first kappa shape index (κ1) is 20.8. The van der Waals surface area contributed by atoms with Gasteiger partial charge in [0.05, 0.1) is 0 Å². The monoisotopic (exact) mass is 422 g/mol. The Hall–Kier alpha value is -1.94. The summed E-state index contributed by atoms with van der Waals surface area (Å²) in [4.78, 5) is 23.5. The fourth-order valence-electron chi connectivity index (χ4n) is 3.36. The quantitative estimate of drug-likeness (QED) is 0.656. The predicted molar refractivity (Wildman–Crippen MR) is 111 cm³/mol. The van der Waals surface area contributed by atoms with Crippen molar-refractivity contribution in [2.45, 2.75) is 77.0 Å². The first-order chi connectivity index (χ1) is 13.6. The van der Waals surface area contributed by atoms with Gasteiger partial charge in [0.1, 0.15) is 10.0 Å². The highest BCUT2D eigenvalue weighted by Gasteiger charge is 2.29. The molecule has 0 spiro atoms. The highest BCUT2D eigenvalue weighted by Crippen LogP contribution is 2.43. The number of hydrogen-bond donors (Lipinski definition) is 2. The van der Waals surface area contributed by atoms with Crippen molar-refractivity contribution < 1.29 is 9.59 Å². The molecule has 0 bridgehead atoms. The van der Waals surface area contributed by atoms with Gasteiger partial charge in [-0.3, -0.25) is 9.59 Å². The maximum Gasteiger partial charge on any atom is 0.226 e. The number of rotatable bonds is 8. The van der Waals surface area contributed by atoms with E-state index in [1.807, 2.05) is 13.8 Å². The minimum absolute atomic E-state index is 0.0155. The number of nitrogens with one attached hydrogen (secondary N) is 2. The van der Waals surface area contributed by atoms with Crippen LogP contribution in [0.5, 0.6) is 0 Å². The van der Waals surface area contributed by atoms with Gasteiger partial charge in [0.25, 0.3) is 0 Å². The van der Waals surface area contributed by atoms with Crippen LogP contribution in [0.1, 0.15) is 87.1 Å². The fraction of sp³-hybridized carbons (Fsp3) is 0.667. The summed E-state index contributed by atoms with van der Waals surface area (Å²) in [5.74, 6) is 0.599. The molecule has 3 rings (SSSR count). The molecule has 2 atom stereocenters. The molecule has 1 fully saturated rings. The summed E-state index contributed by atoms with van der Waals surface area (Å²) in [5, 5.41) is 25.6. The van der Waals surface area contributed by atoms with Crippen molar-refractivity contribution in [3.63, 3.8) is 0 Å². The zero-order valence-electron chi connectivity index (χ0n) is 16.2. The molecule has 0 radical (unpaired) electrons. The molecule has 152 valence electrons. The normalized spacial score (nSPS) is 19.4. The number of hydrogen-bond acceptors (Lipinski definition) is 8. The van der Waals surface area contributed by atoms with Crippen LogP contribution in [-0.4, -0.2) is 32.2 Å². The Morgan fingerprint density at radius 2 is 1.32 bits per heavy atom. The van der Waals surface area contributed by atoms with Crippen LogP contribution in [0.15, 0.2) is 0 Å². The molecule has 2 aromatic heterocycles. The van der Waals surface area contributed by atoms with Crippen molar-refractivity contribution in [3.05, 3.63) is 10.0 Å². The van der Waals surface area contributed by atoms with Crippen LogP contribution in [0.2, 0.25) is 0 Å². The lowest BCUT2D eigenvalue weighted by Crippen LogP contribution is -2.12. The van der Waals surface area contributed by atoms with E-state index < -0.39 is 0 Å². The molecule has 0 aliphatic heterocycles. The summed E-state index contributed by atoms with van der Waals surface area (Å²) in [6.45, 7) is 3.95. The second-order valence-electron chi connectivity index (χ2n) is 7.05. The highest BCUT2D eigenvalue weighted by atomic mass is 32.1. The molecule has 1 saturated carbocycles. The van der Waals surface area contributed by atoms with Gasteiger partial charge in [0.15, 0.2) is 0 Å². The minimum atomic E-state index is -0.0155. The lowest BCUT2D eigenvalue weighted by molar-refractivity contribution is -0.117. The second-order valence-corrected chi connectivity index (χ2v) is 9.07. The van der Waals surface area contributed by atoms with Crippen LogP contribution in [-0.2, 0) is 9.59 Å². The molecular formula is C18H26N6O2S2. The summed E-state index contributed by atoms with van der Waals surface area (Å²) < 4.78 is 0. The topological polar surface area (TPSA) is 110 Å². The van der Waals surface area contributed by atoms with Gasteiger partial charge >= 0.3 is 0 Å². The molecule has 0 aromatic carbocycles. The molecule has 2 amide bonds. The number of carbonyl (C=O) groups is 2. The third kappa shape index (κ3) is 5.54. The molecule has 28 heavy (non-hydrogen) atoms. The number of carbonyl (C=O) groups excluding carboxylic acids is 2. The fourth-order valence-corrected chi connectivity index (χ4v) is 5.17. The maximum atomic E-state index is 11.7. The first-order valence-electron chi connectivity index (χ1n) is 9.85. The number of amides is 2. The summed E-state index contributed by atoms with van der Waals surface area (Å²) in [5.41, 5.74) is 0. The van der Waals surface area contributed by atoms with Crippen LogP contribution in [0.25, 0.3) is 0 Å². The molecule has 8 nitrogen and oxygen atoms in total. The van der Waals surface area contributed by atoms with Crippen LogP contribution < -0.4 is 10.6 Å². The SMILES string of the molecule is CCCC(=O)Nc1nnc([C@H]2CCC[C@H](c3nnc(NC(=O)CCC)s3)C2)s1. The van der Waals surface area contributed by atoms with E-state index in [1.54, 1.807) is 0 Å². The Balaban J connectivity index is 1.60. The highest BCUT2D eigenvalue weighted by molar-refractivity contribution is 7.15. The third-order valence-electron chi connectivity index (χ3n) is 4.70. The molecular weight excluding hydrogens is 396 g/mol.